The standard InChI is InChI=1S/C26H30N6O3S/c1-17-10-11-22-21(13-17)25(33)31(4)23-15-27-26(29-24(23)30(22)3)28-19-8-5-9-20(14-19)36(34,35)32-12-6-7-18(2)16-32/h5,8-11,13-15,18H,6-7,12,16H2,1-4H3,(H,27,28,29)/t18-/m0/s1. The van der Waals surface area contributed by atoms with Crippen LogP contribution in [0, 0.1) is 12.8 Å². The molecule has 2 aliphatic rings. The number of amides is 1. The Morgan fingerprint density at radius 1 is 1.06 bits per heavy atom. The highest BCUT2D eigenvalue weighted by Gasteiger charge is 2.30. The van der Waals surface area contributed by atoms with Gasteiger partial charge in [0.15, 0.2) is 5.82 Å². The highest BCUT2D eigenvalue weighted by atomic mass is 32.2. The molecule has 5 rings (SSSR count). The lowest BCUT2D eigenvalue weighted by molar-refractivity contribution is 0.0994. The molecule has 9 nitrogen and oxygen atoms in total. The van der Waals surface area contributed by atoms with E-state index in [1.54, 1.807) is 46.7 Å². The van der Waals surface area contributed by atoms with Crippen LogP contribution < -0.4 is 15.1 Å². The number of anilines is 5. The molecule has 0 aliphatic carbocycles. The second-order valence-electron chi connectivity index (χ2n) is 9.61. The molecular weight excluding hydrogens is 476 g/mol. The van der Waals surface area contributed by atoms with Crippen molar-refractivity contribution in [3.05, 3.63) is 59.8 Å². The first kappa shape index (κ1) is 24.2. The van der Waals surface area contributed by atoms with E-state index >= 15 is 0 Å². The zero-order valence-corrected chi connectivity index (χ0v) is 21.7. The van der Waals surface area contributed by atoms with E-state index in [0.717, 1.165) is 24.1 Å². The summed E-state index contributed by atoms with van der Waals surface area (Å²) in [4.78, 5) is 25.9. The van der Waals surface area contributed by atoms with E-state index in [-0.39, 0.29) is 10.8 Å². The van der Waals surface area contributed by atoms with E-state index in [0.29, 0.717) is 47.7 Å². The van der Waals surface area contributed by atoms with Crippen LogP contribution in [0.2, 0.25) is 0 Å². The first-order chi connectivity index (χ1) is 17.1. The van der Waals surface area contributed by atoms with Gasteiger partial charge in [0, 0.05) is 32.9 Å². The molecule has 1 aromatic heterocycles. The van der Waals surface area contributed by atoms with Crippen LogP contribution in [0.25, 0.3) is 0 Å². The van der Waals surface area contributed by atoms with Crippen molar-refractivity contribution in [2.45, 2.75) is 31.6 Å². The van der Waals surface area contributed by atoms with Gasteiger partial charge >= 0.3 is 0 Å². The molecule has 0 unspecified atom stereocenters. The van der Waals surface area contributed by atoms with Crippen molar-refractivity contribution in [1.29, 1.82) is 0 Å². The molecule has 2 aliphatic heterocycles. The van der Waals surface area contributed by atoms with E-state index in [9.17, 15) is 13.2 Å². The molecule has 1 fully saturated rings. The Bertz CT molecular complexity index is 1440. The lowest BCUT2D eigenvalue weighted by Gasteiger charge is -2.30. The van der Waals surface area contributed by atoms with Gasteiger partial charge in [0.05, 0.1) is 22.3 Å². The molecular formula is C26H30N6O3S. The third kappa shape index (κ3) is 4.31. The Kier molecular flexibility index (Phi) is 6.17. The second kappa shape index (κ2) is 9.18. The first-order valence-corrected chi connectivity index (χ1v) is 13.5. The van der Waals surface area contributed by atoms with E-state index in [2.05, 4.69) is 17.2 Å². The number of piperidine rings is 1. The molecule has 0 radical (unpaired) electrons. The molecule has 3 aromatic rings. The summed E-state index contributed by atoms with van der Waals surface area (Å²) in [6, 6.07) is 12.5. The van der Waals surface area contributed by atoms with Crippen molar-refractivity contribution >= 4 is 44.8 Å². The Morgan fingerprint density at radius 3 is 2.64 bits per heavy atom. The molecule has 0 bridgehead atoms. The highest BCUT2D eigenvalue weighted by Crippen LogP contribution is 2.38. The fourth-order valence-corrected chi connectivity index (χ4v) is 6.45. The number of fused-ring (bicyclic) bond motifs is 2. The number of aryl methyl sites for hydroxylation is 1. The lowest BCUT2D eigenvalue weighted by Crippen LogP contribution is -2.39. The van der Waals surface area contributed by atoms with Gasteiger partial charge in [0.1, 0.15) is 5.69 Å². The smallest absolute Gasteiger partial charge is 0.260 e. The Balaban J connectivity index is 1.46. The van der Waals surface area contributed by atoms with E-state index < -0.39 is 10.0 Å². The van der Waals surface area contributed by atoms with Gasteiger partial charge in [0.25, 0.3) is 5.91 Å². The van der Waals surface area contributed by atoms with Crippen molar-refractivity contribution in [1.82, 2.24) is 14.3 Å². The van der Waals surface area contributed by atoms with Gasteiger partial charge in [0.2, 0.25) is 16.0 Å². The molecule has 188 valence electrons. The summed E-state index contributed by atoms with van der Waals surface area (Å²) in [5, 5.41) is 3.14. The largest absolute Gasteiger partial charge is 0.327 e. The zero-order chi connectivity index (χ0) is 25.6. The molecule has 0 spiro atoms. The molecule has 36 heavy (non-hydrogen) atoms. The lowest BCUT2D eigenvalue weighted by atomic mass is 10.0. The number of nitrogens with zero attached hydrogens (tertiary/aromatic N) is 5. The van der Waals surface area contributed by atoms with Crippen molar-refractivity contribution in [3.63, 3.8) is 0 Å². The van der Waals surface area contributed by atoms with Gasteiger partial charge in [-0.25, -0.2) is 13.4 Å². The van der Waals surface area contributed by atoms with E-state index in [1.807, 2.05) is 37.1 Å². The van der Waals surface area contributed by atoms with Gasteiger partial charge in [-0.2, -0.15) is 9.29 Å². The molecule has 1 N–H and O–H groups in total. The molecule has 2 aromatic carbocycles. The predicted octanol–water partition coefficient (Wildman–Crippen LogP) is 4.31. The van der Waals surface area contributed by atoms with Crippen LogP contribution in [-0.2, 0) is 10.0 Å². The van der Waals surface area contributed by atoms with Crippen LogP contribution in [0.1, 0.15) is 35.7 Å². The van der Waals surface area contributed by atoms with Crippen LogP contribution in [-0.4, -0.2) is 55.8 Å². The summed E-state index contributed by atoms with van der Waals surface area (Å²) >= 11 is 0. The number of carbonyl (C=O) groups is 1. The number of benzene rings is 2. The van der Waals surface area contributed by atoms with Crippen LogP contribution in [0.5, 0.6) is 0 Å². The number of aromatic nitrogens is 2. The zero-order valence-electron chi connectivity index (χ0n) is 20.9. The molecule has 0 saturated carbocycles. The summed E-state index contributed by atoms with van der Waals surface area (Å²) in [7, 11) is -0.0168. The average Bonchev–Trinajstić information content (AvgIpc) is 2.94. The predicted molar refractivity (Wildman–Crippen MR) is 141 cm³/mol. The summed E-state index contributed by atoms with van der Waals surface area (Å²) in [6.45, 7) is 5.11. The summed E-state index contributed by atoms with van der Waals surface area (Å²) in [6.07, 6.45) is 3.52. The van der Waals surface area contributed by atoms with Crippen molar-refractivity contribution in [3.8, 4) is 0 Å². The Labute approximate surface area is 211 Å². The normalized spacial score (nSPS) is 18.4. The van der Waals surface area contributed by atoms with Gasteiger partial charge in [-0.15, -0.1) is 0 Å². The SMILES string of the molecule is Cc1ccc2c(c1)C(=O)N(C)c1cnc(Nc3cccc(S(=O)(=O)N4CCC[C@H](C)C4)c3)nc1N2C. The quantitative estimate of drug-likeness (QED) is 0.563. The van der Waals surface area contributed by atoms with Crippen molar-refractivity contribution < 1.29 is 13.2 Å². The first-order valence-electron chi connectivity index (χ1n) is 12.0. The number of nitrogens with one attached hydrogen (secondary N) is 1. The third-order valence-corrected chi connectivity index (χ3v) is 8.69. The van der Waals surface area contributed by atoms with Crippen molar-refractivity contribution in [2.75, 3.05) is 42.3 Å². The molecule has 10 heteroatoms. The fourth-order valence-electron chi connectivity index (χ4n) is 4.81. The average molecular weight is 507 g/mol. The fraction of sp³-hybridized carbons (Fsp3) is 0.346. The van der Waals surface area contributed by atoms with Crippen LogP contribution >= 0.6 is 0 Å². The summed E-state index contributed by atoms with van der Waals surface area (Å²) in [5.74, 6) is 1.09. The molecule has 1 atom stereocenters. The Morgan fingerprint density at radius 2 is 1.86 bits per heavy atom. The monoisotopic (exact) mass is 506 g/mol. The summed E-state index contributed by atoms with van der Waals surface area (Å²) in [5.41, 5.74) is 3.49. The van der Waals surface area contributed by atoms with Gasteiger partial charge in [-0.3, -0.25) is 4.79 Å². The van der Waals surface area contributed by atoms with Gasteiger partial charge < -0.3 is 15.1 Å². The number of hydrogen-bond acceptors (Lipinski definition) is 7. The van der Waals surface area contributed by atoms with Gasteiger partial charge in [-0.05, 0) is 56.0 Å². The van der Waals surface area contributed by atoms with Crippen LogP contribution in [0.4, 0.5) is 28.8 Å². The maximum atomic E-state index is 13.2. The van der Waals surface area contributed by atoms with E-state index in [1.165, 1.54) is 0 Å². The minimum absolute atomic E-state index is 0.131. The highest BCUT2D eigenvalue weighted by molar-refractivity contribution is 7.89. The van der Waals surface area contributed by atoms with Crippen molar-refractivity contribution in [2.24, 2.45) is 5.92 Å². The van der Waals surface area contributed by atoms with E-state index in [4.69, 9.17) is 4.98 Å². The number of hydrogen-bond donors (Lipinski definition) is 1. The molecule has 3 heterocycles. The minimum atomic E-state index is -3.59. The minimum Gasteiger partial charge on any atom is -0.327 e. The summed E-state index contributed by atoms with van der Waals surface area (Å²) < 4.78 is 28.1. The van der Waals surface area contributed by atoms with Crippen LogP contribution in [0.15, 0.2) is 53.6 Å². The Hall–Kier alpha value is -3.50. The second-order valence-corrected chi connectivity index (χ2v) is 11.5. The topological polar surface area (TPSA) is 98.7 Å². The van der Waals surface area contributed by atoms with Gasteiger partial charge in [-0.1, -0.05) is 24.6 Å². The molecule has 1 saturated heterocycles. The number of rotatable bonds is 4. The third-order valence-electron chi connectivity index (χ3n) is 6.83. The van der Waals surface area contributed by atoms with Crippen LogP contribution in [0.3, 0.4) is 0 Å². The number of carbonyl (C=O) groups excluding carboxylic acids is 1. The molecule has 1 amide bonds. The maximum Gasteiger partial charge on any atom is 0.260 e. The number of sulfonamides is 1. The maximum absolute atomic E-state index is 13.2.